The van der Waals surface area contributed by atoms with Gasteiger partial charge in [0.1, 0.15) is 10.8 Å². The first kappa shape index (κ1) is 21.7. The van der Waals surface area contributed by atoms with Crippen LogP contribution < -0.4 is 10.1 Å². The van der Waals surface area contributed by atoms with Crippen LogP contribution in [0.4, 0.5) is 5.13 Å². The molecule has 0 saturated heterocycles. The summed E-state index contributed by atoms with van der Waals surface area (Å²) in [6, 6.07) is 7.50. The quantitative estimate of drug-likeness (QED) is 0.483. The highest BCUT2D eigenvalue weighted by molar-refractivity contribution is 7.15. The Morgan fingerprint density at radius 1 is 1.12 bits per heavy atom. The summed E-state index contributed by atoms with van der Waals surface area (Å²) < 4.78 is 10.5. The van der Waals surface area contributed by atoms with Crippen molar-refractivity contribution in [3.63, 3.8) is 0 Å². The Morgan fingerprint density at radius 3 is 2.50 bits per heavy atom. The summed E-state index contributed by atoms with van der Waals surface area (Å²) >= 11 is 1.58. The lowest BCUT2D eigenvalue weighted by molar-refractivity contribution is -0.116. The minimum absolute atomic E-state index is 0.0527. The molecule has 0 atom stereocenters. The van der Waals surface area contributed by atoms with E-state index < -0.39 is 0 Å². The van der Waals surface area contributed by atoms with E-state index in [1.54, 1.807) is 18.4 Å². The van der Waals surface area contributed by atoms with Crippen molar-refractivity contribution in [1.29, 1.82) is 0 Å². The molecule has 1 N–H and O–H groups in total. The van der Waals surface area contributed by atoms with Crippen molar-refractivity contribution in [2.75, 3.05) is 12.4 Å². The summed E-state index contributed by atoms with van der Waals surface area (Å²) in [6.07, 6.45) is 9.52. The highest BCUT2D eigenvalue weighted by atomic mass is 32.1. The number of aryl methyl sites for hydroxylation is 1. The third-order valence-corrected chi connectivity index (χ3v) is 8.86. The second-order valence-electron chi connectivity index (χ2n) is 10.3. The van der Waals surface area contributed by atoms with E-state index >= 15 is 0 Å². The summed E-state index contributed by atoms with van der Waals surface area (Å²) in [5, 5.41) is 17.6. The summed E-state index contributed by atoms with van der Waals surface area (Å²) in [6.45, 7) is 0. The molecule has 0 aliphatic heterocycles. The van der Waals surface area contributed by atoms with E-state index in [9.17, 15) is 4.79 Å². The maximum Gasteiger partial charge on any atom is 0.226 e. The number of ether oxygens (including phenoxy) is 1. The molecule has 3 aromatic rings. The van der Waals surface area contributed by atoms with Gasteiger partial charge in [-0.05, 0) is 87.0 Å². The fourth-order valence-electron chi connectivity index (χ4n) is 6.66. The third kappa shape index (κ3) is 4.21. The number of methoxy groups -OCH3 is 1. The monoisotopic (exact) mass is 479 g/mol. The van der Waals surface area contributed by atoms with Crippen LogP contribution in [0.2, 0.25) is 0 Å². The standard InChI is InChI=1S/C25H29N5O3S/c1-32-19-7-5-18(6-8-19)22-27-21(33-30-22)4-2-3-20(31)26-24-29-28-23(34-24)25-12-15-9-16(13-25)11-17(10-15)14-25/h5-8,15-17H,2-4,9-14H2,1H3,(H,26,29,31). The Balaban J connectivity index is 1.01. The van der Waals surface area contributed by atoms with Gasteiger partial charge in [-0.25, -0.2) is 0 Å². The van der Waals surface area contributed by atoms with E-state index in [1.165, 1.54) is 38.5 Å². The van der Waals surface area contributed by atoms with Crippen molar-refractivity contribution >= 4 is 22.4 Å². The van der Waals surface area contributed by atoms with Gasteiger partial charge >= 0.3 is 0 Å². The van der Waals surface area contributed by atoms with Crippen LogP contribution in [0.3, 0.4) is 0 Å². The Kier molecular flexibility index (Phi) is 5.59. The first-order chi connectivity index (χ1) is 16.6. The van der Waals surface area contributed by atoms with E-state index in [4.69, 9.17) is 9.26 Å². The van der Waals surface area contributed by atoms with Gasteiger partial charge in [0.05, 0.1) is 7.11 Å². The molecule has 4 bridgehead atoms. The van der Waals surface area contributed by atoms with Gasteiger partial charge in [0.2, 0.25) is 22.8 Å². The number of carbonyl (C=O) groups excluding carboxylic acids is 1. The minimum Gasteiger partial charge on any atom is -0.497 e. The van der Waals surface area contributed by atoms with Crippen LogP contribution in [0.25, 0.3) is 11.4 Å². The molecule has 2 heterocycles. The number of rotatable bonds is 8. The number of amides is 1. The molecule has 0 radical (unpaired) electrons. The lowest BCUT2D eigenvalue weighted by Gasteiger charge is -2.55. The zero-order valence-electron chi connectivity index (χ0n) is 19.3. The molecule has 1 aromatic carbocycles. The Labute approximate surface area is 202 Å². The van der Waals surface area contributed by atoms with Crippen molar-refractivity contribution < 1.29 is 14.1 Å². The van der Waals surface area contributed by atoms with E-state index in [1.807, 2.05) is 24.3 Å². The molecule has 1 amide bonds. The van der Waals surface area contributed by atoms with Crippen LogP contribution in [-0.2, 0) is 16.6 Å². The van der Waals surface area contributed by atoms with Crippen LogP contribution in [0.15, 0.2) is 28.8 Å². The average Bonchev–Trinajstić information content (AvgIpc) is 3.49. The summed E-state index contributed by atoms with van der Waals surface area (Å²) in [4.78, 5) is 16.9. The van der Waals surface area contributed by atoms with Crippen molar-refractivity contribution in [2.45, 2.75) is 63.2 Å². The zero-order valence-corrected chi connectivity index (χ0v) is 20.1. The molecule has 8 nitrogen and oxygen atoms in total. The predicted octanol–water partition coefficient (Wildman–Crippen LogP) is 5.03. The number of hydrogen-bond acceptors (Lipinski definition) is 8. The largest absolute Gasteiger partial charge is 0.497 e. The van der Waals surface area contributed by atoms with E-state index in [-0.39, 0.29) is 11.3 Å². The number of hydrogen-bond donors (Lipinski definition) is 1. The van der Waals surface area contributed by atoms with Crippen LogP contribution in [-0.4, -0.2) is 33.4 Å². The van der Waals surface area contributed by atoms with Gasteiger partial charge in [0, 0.05) is 23.8 Å². The van der Waals surface area contributed by atoms with Gasteiger partial charge in [-0.3, -0.25) is 4.79 Å². The van der Waals surface area contributed by atoms with Crippen LogP contribution in [0, 0.1) is 17.8 Å². The normalized spacial score (nSPS) is 27.1. The van der Waals surface area contributed by atoms with Gasteiger partial charge in [-0.2, -0.15) is 4.98 Å². The van der Waals surface area contributed by atoms with Gasteiger partial charge in [-0.15, -0.1) is 10.2 Å². The molecule has 0 spiro atoms. The van der Waals surface area contributed by atoms with Gasteiger partial charge < -0.3 is 14.6 Å². The topological polar surface area (TPSA) is 103 Å². The fourth-order valence-corrected chi connectivity index (χ4v) is 7.63. The van der Waals surface area contributed by atoms with Crippen LogP contribution in [0.1, 0.15) is 62.3 Å². The molecule has 178 valence electrons. The number of aromatic nitrogens is 4. The molecule has 4 fully saturated rings. The van der Waals surface area contributed by atoms with Crippen LogP contribution in [0.5, 0.6) is 5.75 Å². The van der Waals surface area contributed by atoms with Gasteiger partial charge in [0.15, 0.2) is 0 Å². The smallest absolute Gasteiger partial charge is 0.226 e. The van der Waals surface area contributed by atoms with Crippen molar-refractivity contribution in [3.05, 3.63) is 35.2 Å². The molecule has 9 heteroatoms. The van der Waals surface area contributed by atoms with E-state index in [2.05, 4.69) is 25.7 Å². The maximum atomic E-state index is 12.5. The first-order valence-electron chi connectivity index (χ1n) is 12.2. The highest BCUT2D eigenvalue weighted by Gasteiger charge is 2.53. The second-order valence-corrected chi connectivity index (χ2v) is 11.2. The van der Waals surface area contributed by atoms with Crippen LogP contribution >= 0.6 is 11.3 Å². The molecule has 7 rings (SSSR count). The molecule has 2 aromatic heterocycles. The van der Waals surface area contributed by atoms with Crippen molar-refractivity contribution in [2.24, 2.45) is 17.8 Å². The lowest BCUT2D eigenvalue weighted by atomic mass is 9.50. The highest BCUT2D eigenvalue weighted by Crippen LogP contribution is 2.61. The predicted molar refractivity (Wildman–Crippen MR) is 128 cm³/mol. The number of nitrogens with one attached hydrogen (secondary N) is 1. The number of carbonyl (C=O) groups is 1. The number of nitrogens with zero attached hydrogens (tertiary/aromatic N) is 4. The molecular formula is C25H29N5O3S. The lowest BCUT2D eigenvalue weighted by Crippen LogP contribution is -2.48. The Bertz CT molecular complexity index is 1140. The second kappa shape index (κ2) is 8.76. The van der Waals surface area contributed by atoms with Gasteiger partial charge in [-0.1, -0.05) is 16.5 Å². The van der Waals surface area contributed by atoms with E-state index in [0.29, 0.717) is 36.1 Å². The van der Waals surface area contributed by atoms with Crippen molar-refractivity contribution in [1.82, 2.24) is 20.3 Å². The first-order valence-corrected chi connectivity index (χ1v) is 13.0. The van der Waals surface area contributed by atoms with Gasteiger partial charge in [0.25, 0.3) is 0 Å². The molecule has 4 saturated carbocycles. The Morgan fingerprint density at radius 2 is 1.82 bits per heavy atom. The third-order valence-electron chi connectivity index (χ3n) is 7.77. The SMILES string of the molecule is COc1ccc(-c2noc(CCCC(=O)Nc3nnc(C45CC6CC(CC(C6)C4)C5)s3)n2)cc1. The molecule has 4 aliphatic rings. The average molecular weight is 480 g/mol. The van der Waals surface area contributed by atoms with Crippen molar-refractivity contribution in [3.8, 4) is 17.1 Å². The molecule has 4 aliphatic carbocycles. The number of benzene rings is 1. The molecular weight excluding hydrogens is 450 g/mol. The Hall–Kier alpha value is -2.81. The minimum atomic E-state index is -0.0527. The maximum absolute atomic E-state index is 12.5. The summed E-state index contributed by atoms with van der Waals surface area (Å²) in [7, 11) is 1.63. The fraction of sp³-hybridized carbons (Fsp3) is 0.560. The van der Waals surface area contributed by atoms with E-state index in [0.717, 1.165) is 34.1 Å². The number of anilines is 1. The summed E-state index contributed by atoms with van der Waals surface area (Å²) in [5.41, 5.74) is 1.08. The summed E-state index contributed by atoms with van der Waals surface area (Å²) in [5.74, 6) is 4.38. The molecule has 34 heavy (non-hydrogen) atoms. The zero-order chi connectivity index (χ0) is 23.1. The molecule has 0 unspecified atom stereocenters.